The van der Waals surface area contributed by atoms with Gasteiger partial charge in [-0.15, -0.1) is 0 Å². The van der Waals surface area contributed by atoms with Crippen molar-refractivity contribution in [2.75, 3.05) is 12.0 Å². The molecular formula is C9H18OS. The summed E-state index contributed by atoms with van der Waals surface area (Å²) in [6, 6.07) is 0. The Labute approximate surface area is 73.6 Å². The third-order valence-electron chi connectivity index (χ3n) is 2.54. The molecule has 0 aromatic carbocycles. The summed E-state index contributed by atoms with van der Waals surface area (Å²) in [7, 11) is 0. The predicted molar refractivity (Wildman–Crippen MR) is 51.0 cm³/mol. The van der Waals surface area contributed by atoms with Crippen molar-refractivity contribution in [3.05, 3.63) is 0 Å². The minimum absolute atomic E-state index is 0.0101. The Bertz CT molecular complexity index is 102. The lowest BCUT2D eigenvalue weighted by Crippen LogP contribution is -2.26. The van der Waals surface area contributed by atoms with E-state index in [0.717, 1.165) is 6.42 Å². The zero-order valence-electron chi connectivity index (χ0n) is 7.25. The fourth-order valence-electron chi connectivity index (χ4n) is 1.50. The summed E-state index contributed by atoms with van der Waals surface area (Å²) < 4.78 is 0. The van der Waals surface area contributed by atoms with Gasteiger partial charge in [0.25, 0.3) is 0 Å². The minimum Gasteiger partial charge on any atom is -0.393 e. The maximum absolute atomic E-state index is 9.59. The Kier molecular flexibility index (Phi) is 4.31. The average molecular weight is 174 g/mol. The molecule has 1 saturated carbocycles. The highest BCUT2D eigenvalue weighted by molar-refractivity contribution is 7.98. The van der Waals surface area contributed by atoms with Crippen LogP contribution < -0.4 is 0 Å². The molecule has 0 saturated heterocycles. The van der Waals surface area contributed by atoms with E-state index in [2.05, 4.69) is 6.26 Å². The minimum atomic E-state index is 0.0101. The van der Waals surface area contributed by atoms with Crippen LogP contribution in [0.4, 0.5) is 0 Å². The van der Waals surface area contributed by atoms with Crippen LogP contribution in [0.25, 0.3) is 0 Å². The summed E-state index contributed by atoms with van der Waals surface area (Å²) in [6.45, 7) is 0. The first-order chi connectivity index (χ1) is 5.34. The maximum Gasteiger partial charge on any atom is 0.0568 e. The second kappa shape index (κ2) is 5.04. The van der Waals surface area contributed by atoms with E-state index in [4.69, 9.17) is 0 Å². The van der Waals surface area contributed by atoms with Gasteiger partial charge in [-0.2, -0.15) is 11.8 Å². The summed E-state index contributed by atoms with van der Waals surface area (Å²) in [4.78, 5) is 0. The largest absolute Gasteiger partial charge is 0.393 e. The lowest BCUT2D eigenvalue weighted by molar-refractivity contribution is 0.0554. The van der Waals surface area contributed by atoms with E-state index in [1.54, 1.807) is 0 Å². The van der Waals surface area contributed by atoms with Gasteiger partial charge in [0.05, 0.1) is 6.10 Å². The predicted octanol–water partition coefficient (Wildman–Crippen LogP) is 2.29. The molecule has 1 aliphatic carbocycles. The molecule has 0 aromatic rings. The molecular weight excluding hydrogens is 156 g/mol. The van der Waals surface area contributed by atoms with Crippen molar-refractivity contribution < 1.29 is 5.11 Å². The van der Waals surface area contributed by atoms with Gasteiger partial charge in [-0.25, -0.2) is 0 Å². The van der Waals surface area contributed by atoms with Crippen molar-refractivity contribution in [1.29, 1.82) is 0 Å². The number of thioether (sulfide) groups is 1. The van der Waals surface area contributed by atoms with Gasteiger partial charge < -0.3 is 5.11 Å². The molecule has 0 bridgehead atoms. The molecule has 1 N–H and O–H groups in total. The van der Waals surface area contributed by atoms with Gasteiger partial charge in [-0.05, 0) is 43.6 Å². The number of aliphatic hydroxyl groups is 1. The van der Waals surface area contributed by atoms with Gasteiger partial charge in [0.15, 0.2) is 0 Å². The van der Waals surface area contributed by atoms with E-state index in [-0.39, 0.29) is 6.10 Å². The SMILES string of the molecule is CSCCCC(O)C1CCC1. The Balaban J connectivity index is 1.96. The first-order valence-corrected chi connectivity index (χ1v) is 5.91. The van der Waals surface area contributed by atoms with E-state index in [1.807, 2.05) is 11.8 Å². The number of rotatable bonds is 5. The molecule has 1 unspecified atom stereocenters. The summed E-state index contributed by atoms with van der Waals surface area (Å²) in [5.74, 6) is 1.85. The van der Waals surface area contributed by atoms with E-state index < -0.39 is 0 Å². The molecule has 11 heavy (non-hydrogen) atoms. The summed E-state index contributed by atoms with van der Waals surface area (Å²) in [5.41, 5.74) is 0. The zero-order chi connectivity index (χ0) is 8.10. The Hall–Kier alpha value is 0.310. The van der Waals surface area contributed by atoms with Crippen molar-refractivity contribution in [2.24, 2.45) is 5.92 Å². The number of aliphatic hydroxyl groups excluding tert-OH is 1. The zero-order valence-corrected chi connectivity index (χ0v) is 8.07. The van der Waals surface area contributed by atoms with Crippen molar-refractivity contribution in [3.63, 3.8) is 0 Å². The third kappa shape index (κ3) is 3.04. The van der Waals surface area contributed by atoms with Crippen molar-refractivity contribution in [2.45, 2.75) is 38.2 Å². The molecule has 0 amide bonds. The molecule has 66 valence electrons. The van der Waals surface area contributed by atoms with Crippen LogP contribution in [0, 0.1) is 5.92 Å². The van der Waals surface area contributed by atoms with Crippen molar-refractivity contribution in [3.8, 4) is 0 Å². The quantitative estimate of drug-likeness (QED) is 0.645. The van der Waals surface area contributed by atoms with Crippen LogP contribution in [-0.2, 0) is 0 Å². The lowest BCUT2D eigenvalue weighted by Gasteiger charge is -2.30. The molecule has 1 fully saturated rings. The van der Waals surface area contributed by atoms with Gasteiger partial charge in [0, 0.05) is 0 Å². The Morgan fingerprint density at radius 3 is 2.73 bits per heavy atom. The van der Waals surface area contributed by atoms with Gasteiger partial charge in [0.2, 0.25) is 0 Å². The highest BCUT2D eigenvalue weighted by Crippen LogP contribution is 2.31. The van der Waals surface area contributed by atoms with Crippen LogP contribution in [0.3, 0.4) is 0 Å². The Morgan fingerprint density at radius 2 is 2.27 bits per heavy atom. The second-order valence-electron chi connectivity index (χ2n) is 3.39. The van der Waals surface area contributed by atoms with E-state index in [0.29, 0.717) is 5.92 Å². The first-order valence-electron chi connectivity index (χ1n) is 4.51. The lowest BCUT2D eigenvalue weighted by atomic mass is 9.80. The molecule has 0 aliphatic heterocycles. The van der Waals surface area contributed by atoms with E-state index >= 15 is 0 Å². The standard InChI is InChI=1S/C9H18OS/c1-11-7-3-6-9(10)8-4-2-5-8/h8-10H,2-7H2,1H3. The van der Waals surface area contributed by atoms with Crippen LogP contribution in [0.1, 0.15) is 32.1 Å². The van der Waals surface area contributed by atoms with Crippen LogP contribution >= 0.6 is 11.8 Å². The number of hydrogen-bond donors (Lipinski definition) is 1. The third-order valence-corrected chi connectivity index (χ3v) is 3.24. The highest BCUT2D eigenvalue weighted by Gasteiger charge is 2.24. The smallest absolute Gasteiger partial charge is 0.0568 e. The summed E-state index contributed by atoms with van der Waals surface area (Å²) in [5, 5.41) is 9.59. The molecule has 2 heteroatoms. The molecule has 1 atom stereocenters. The maximum atomic E-state index is 9.59. The molecule has 1 rings (SSSR count). The van der Waals surface area contributed by atoms with Crippen LogP contribution in [0.2, 0.25) is 0 Å². The van der Waals surface area contributed by atoms with Crippen LogP contribution in [0.15, 0.2) is 0 Å². The molecule has 1 aliphatic rings. The fourth-order valence-corrected chi connectivity index (χ4v) is 1.95. The van der Waals surface area contributed by atoms with Gasteiger partial charge in [-0.1, -0.05) is 6.42 Å². The molecule has 0 spiro atoms. The molecule has 0 radical (unpaired) electrons. The van der Waals surface area contributed by atoms with E-state index in [9.17, 15) is 5.11 Å². The van der Waals surface area contributed by atoms with Crippen molar-refractivity contribution >= 4 is 11.8 Å². The van der Waals surface area contributed by atoms with Gasteiger partial charge >= 0.3 is 0 Å². The Morgan fingerprint density at radius 1 is 1.55 bits per heavy atom. The van der Waals surface area contributed by atoms with Gasteiger partial charge in [-0.3, -0.25) is 0 Å². The normalized spacial score (nSPS) is 21.3. The fraction of sp³-hybridized carbons (Fsp3) is 1.00. The second-order valence-corrected chi connectivity index (χ2v) is 4.38. The molecule has 0 heterocycles. The summed E-state index contributed by atoms with van der Waals surface area (Å²) >= 11 is 1.87. The van der Waals surface area contributed by atoms with Crippen LogP contribution in [0.5, 0.6) is 0 Å². The molecule has 1 nitrogen and oxygen atoms in total. The topological polar surface area (TPSA) is 20.2 Å². The molecule has 0 aromatic heterocycles. The van der Waals surface area contributed by atoms with Crippen molar-refractivity contribution in [1.82, 2.24) is 0 Å². The van der Waals surface area contributed by atoms with Gasteiger partial charge in [0.1, 0.15) is 0 Å². The van der Waals surface area contributed by atoms with Crippen LogP contribution in [-0.4, -0.2) is 23.2 Å². The monoisotopic (exact) mass is 174 g/mol. The first kappa shape index (κ1) is 9.40. The van der Waals surface area contributed by atoms with E-state index in [1.165, 1.54) is 31.4 Å². The summed E-state index contributed by atoms with van der Waals surface area (Å²) in [6.07, 6.45) is 8.20. The number of hydrogen-bond acceptors (Lipinski definition) is 2. The highest BCUT2D eigenvalue weighted by atomic mass is 32.2. The average Bonchev–Trinajstić information content (AvgIpc) is 1.84.